The van der Waals surface area contributed by atoms with Gasteiger partial charge in [-0.1, -0.05) is 23.4 Å². The molecule has 2 aromatic rings. The van der Waals surface area contributed by atoms with Crippen LogP contribution < -0.4 is 10.1 Å². The zero-order valence-electron chi connectivity index (χ0n) is 14.9. The molecular formula is C18H22N4O4. The van der Waals surface area contributed by atoms with Crippen LogP contribution in [0, 0.1) is 13.8 Å². The smallest absolute Gasteiger partial charge is 0.317 e. The molecule has 8 nitrogen and oxygen atoms in total. The average molecular weight is 358 g/mol. The summed E-state index contributed by atoms with van der Waals surface area (Å²) in [4.78, 5) is 18.6. The van der Waals surface area contributed by atoms with Crippen LogP contribution in [-0.4, -0.2) is 53.4 Å². The van der Waals surface area contributed by atoms with Gasteiger partial charge >= 0.3 is 6.03 Å². The molecule has 1 N–H and O–H groups in total. The van der Waals surface area contributed by atoms with E-state index >= 15 is 0 Å². The van der Waals surface area contributed by atoms with Gasteiger partial charge in [-0.15, -0.1) is 0 Å². The molecule has 0 spiro atoms. The Kier molecular flexibility index (Phi) is 4.50. The van der Waals surface area contributed by atoms with Crippen LogP contribution in [0.5, 0.6) is 5.75 Å². The van der Waals surface area contributed by atoms with Gasteiger partial charge in [-0.25, -0.2) is 4.79 Å². The second-order valence-corrected chi connectivity index (χ2v) is 6.70. The molecule has 138 valence electrons. The van der Waals surface area contributed by atoms with Crippen LogP contribution in [0.15, 0.2) is 22.7 Å². The molecule has 2 atom stereocenters. The topological polar surface area (TPSA) is 89.7 Å². The minimum absolute atomic E-state index is 0.0504. The number of hydrogen-bond acceptors (Lipinski definition) is 6. The summed E-state index contributed by atoms with van der Waals surface area (Å²) in [7, 11) is 0. The van der Waals surface area contributed by atoms with Crippen molar-refractivity contribution in [2.75, 3.05) is 26.3 Å². The van der Waals surface area contributed by atoms with E-state index in [1.807, 2.05) is 25.1 Å². The third-order valence-corrected chi connectivity index (χ3v) is 4.70. The molecule has 0 saturated carbocycles. The first-order chi connectivity index (χ1) is 12.6. The fourth-order valence-corrected chi connectivity index (χ4v) is 3.38. The Balaban J connectivity index is 1.37. The SMILES string of the molecule is Cc1nc(C2CN(C(=O)NC3COc4c(C)cccc4C3)CCO2)no1. The normalized spacial score (nSPS) is 22.5. The molecule has 1 aromatic carbocycles. The molecule has 1 fully saturated rings. The molecule has 3 heterocycles. The number of amides is 2. The van der Waals surface area contributed by atoms with E-state index in [0.717, 1.165) is 23.3 Å². The third kappa shape index (κ3) is 3.37. The Morgan fingerprint density at radius 1 is 1.35 bits per heavy atom. The first kappa shape index (κ1) is 16.8. The van der Waals surface area contributed by atoms with Crippen LogP contribution in [-0.2, 0) is 11.2 Å². The van der Waals surface area contributed by atoms with E-state index in [4.69, 9.17) is 14.0 Å². The fourth-order valence-electron chi connectivity index (χ4n) is 3.38. The van der Waals surface area contributed by atoms with Gasteiger partial charge in [0.2, 0.25) is 11.7 Å². The van der Waals surface area contributed by atoms with E-state index in [1.54, 1.807) is 11.8 Å². The Bertz CT molecular complexity index is 806. The van der Waals surface area contributed by atoms with E-state index in [9.17, 15) is 4.79 Å². The summed E-state index contributed by atoms with van der Waals surface area (Å²) in [5.74, 6) is 1.90. The highest BCUT2D eigenvalue weighted by molar-refractivity contribution is 5.74. The minimum Gasteiger partial charge on any atom is -0.491 e. The van der Waals surface area contributed by atoms with Crippen molar-refractivity contribution in [3.8, 4) is 5.75 Å². The summed E-state index contributed by atoms with van der Waals surface area (Å²) in [5.41, 5.74) is 2.25. The number of fused-ring (bicyclic) bond motifs is 1. The lowest BCUT2D eigenvalue weighted by Crippen LogP contribution is -2.52. The number of para-hydroxylation sites is 1. The molecule has 0 aliphatic carbocycles. The van der Waals surface area contributed by atoms with E-state index in [-0.39, 0.29) is 18.2 Å². The maximum atomic E-state index is 12.7. The van der Waals surface area contributed by atoms with Gasteiger partial charge in [-0.2, -0.15) is 4.98 Å². The number of morpholine rings is 1. The lowest BCUT2D eigenvalue weighted by molar-refractivity contribution is -0.0214. The first-order valence-electron chi connectivity index (χ1n) is 8.78. The third-order valence-electron chi connectivity index (χ3n) is 4.70. The van der Waals surface area contributed by atoms with Gasteiger partial charge < -0.3 is 24.2 Å². The number of ether oxygens (including phenoxy) is 2. The lowest BCUT2D eigenvalue weighted by atomic mass is 10.00. The number of carbonyl (C=O) groups excluding carboxylic acids is 1. The van der Waals surface area contributed by atoms with E-state index in [1.165, 1.54) is 0 Å². The molecule has 4 rings (SSSR count). The molecule has 2 unspecified atom stereocenters. The van der Waals surface area contributed by atoms with Crippen molar-refractivity contribution in [3.05, 3.63) is 41.0 Å². The molecule has 2 aliphatic heterocycles. The zero-order chi connectivity index (χ0) is 18.1. The van der Waals surface area contributed by atoms with Gasteiger partial charge in [0.05, 0.1) is 19.2 Å². The number of aromatic nitrogens is 2. The minimum atomic E-state index is -0.363. The second-order valence-electron chi connectivity index (χ2n) is 6.70. The maximum Gasteiger partial charge on any atom is 0.317 e. The zero-order valence-corrected chi connectivity index (χ0v) is 14.9. The van der Waals surface area contributed by atoms with Crippen LogP contribution >= 0.6 is 0 Å². The van der Waals surface area contributed by atoms with Gasteiger partial charge in [0, 0.05) is 13.5 Å². The largest absolute Gasteiger partial charge is 0.491 e. The summed E-state index contributed by atoms with van der Waals surface area (Å²) in [6, 6.07) is 5.92. The number of rotatable bonds is 2. The van der Waals surface area contributed by atoms with Crippen molar-refractivity contribution >= 4 is 6.03 Å². The Labute approximate surface area is 151 Å². The van der Waals surface area contributed by atoms with Gasteiger partial charge in [0.25, 0.3) is 0 Å². The Hall–Kier alpha value is -2.61. The Morgan fingerprint density at radius 2 is 2.23 bits per heavy atom. The standard InChI is InChI=1S/C18H22N4O4/c1-11-4-3-5-13-8-14(10-25-16(11)13)20-18(23)22-6-7-24-15(9-22)17-19-12(2)26-21-17/h3-5,14-15H,6-10H2,1-2H3,(H,20,23). The van der Waals surface area contributed by atoms with Gasteiger partial charge in [0.1, 0.15) is 18.5 Å². The number of aryl methyl sites for hydroxylation is 2. The molecule has 2 aliphatic rings. The molecular weight excluding hydrogens is 336 g/mol. The summed E-state index contributed by atoms with van der Waals surface area (Å²) in [6.45, 7) is 5.60. The lowest BCUT2D eigenvalue weighted by Gasteiger charge is -2.34. The predicted molar refractivity (Wildman–Crippen MR) is 92.0 cm³/mol. The van der Waals surface area contributed by atoms with Crippen LogP contribution in [0.25, 0.3) is 0 Å². The highest BCUT2D eigenvalue weighted by Gasteiger charge is 2.30. The van der Waals surface area contributed by atoms with Crippen molar-refractivity contribution in [1.82, 2.24) is 20.4 Å². The summed E-state index contributed by atoms with van der Waals surface area (Å²) in [5, 5.41) is 6.96. The van der Waals surface area contributed by atoms with E-state index < -0.39 is 0 Å². The van der Waals surface area contributed by atoms with Gasteiger partial charge in [-0.05, 0) is 24.5 Å². The van der Waals surface area contributed by atoms with Gasteiger partial charge in [-0.3, -0.25) is 0 Å². The first-order valence-corrected chi connectivity index (χ1v) is 8.78. The monoisotopic (exact) mass is 358 g/mol. The fraction of sp³-hybridized carbons (Fsp3) is 0.500. The highest BCUT2D eigenvalue weighted by Crippen LogP contribution is 2.28. The van der Waals surface area contributed by atoms with Crippen LogP contribution in [0.4, 0.5) is 4.79 Å². The second kappa shape index (κ2) is 6.95. The molecule has 1 aromatic heterocycles. The van der Waals surface area contributed by atoms with E-state index in [0.29, 0.717) is 38.0 Å². The summed E-state index contributed by atoms with van der Waals surface area (Å²) >= 11 is 0. The summed E-state index contributed by atoms with van der Waals surface area (Å²) < 4.78 is 16.5. The molecule has 1 saturated heterocycles. The molecule has 0 radical (unpaired) electrons. The van der Waals surface area contributed by atoms with Crippen LogP contribution in [0.3, 0.4) is 0 Å². The Morgan fingerprint density at radius 3 is 3.04 bits per heavy atom. The van der Waals surface area contributed by atoms with Crippen molar-refractivity contribution in [2.24, 2.45) is 0 Å². The molecule has 0 bridgehead atoms. The van der Waals surface area contributed by atoms with Crippen LogP contribution in [0.2, 0.25) is 0 Å². The van der Waals surface area contributed by atoms with Crippen molar-refractivity contribution in [1.29, 1.82) is 0 Å². The van der Waals surface area contributed by atoms with Crippen molar-refractivity contribution in [2.45, 2.75) is 32.4 Å². The molecule has 2 amide bonds. The average Bonchev–Trinajstić information content (AvgIpc) is 3.08. The van der Waals surface area contributed by atoms with E-state index in [2.05, 4.69) is 15.5 Å². The number of urea groups is 1. The predicted octanol–water partition coefficient (Wildman–Crippen LogP) is 1.77. The highest BCUT2D eigenvalue weighted by atomic mass is 16.5. The molecule has 8 heteroatoms. The number of hydrogen-bond donors (Lipinski definition) is 1. The van der Waals surface area contributed by atoms with Gasteiger partial charge in [0.15, 0.2) is 0 Å². The number of carbonyl (C=O) groups is 1. The number of nitrogens with one attached hydrogen (secondary N) is 1. The number of nitrogens with zero attached hydrogens (tertiary/aromatic N) is 3. The van der Waals surface area contributed by atoms with Crippen LogP contribution in [0.1, 0.15) is 28.9 Å². The summed E-state index contributed by atoms with van der Waals surface area (Å²) in [6.07, 6.45) is 0.401. The molecule has 26 heavy (non-hydrogen) atoms. The van der Waals surface area contributed by atoms with Crippen molar-refractivity contribution < 1.29 is 18.8 Å². The maximum absolute atomic E-state index is 12.7. The van der Waals surface area contributed by atoms with Crippen molar-refractivity contribution in [3.63, 3.8) is 0 Å². The number of benzene rings is 1. The quantitative estimate of drug-likeness (QED) is 0.880.